The first kappa shape index (κ1) is 22.6. The average Bonchev–Trinajstić information content (AvgIpc) is 3.09. The smallest absolute Gasteiger partial charge is 0.270 e. The van der Waals surface area contributed by atoms with Gasteiger partial charge < -0.3 is 20.1 Å². The number of carbonyl (C=O) groups excluding carboxylic acids is 1. The molecular formula is C21H27Cl2N5O2. The Kier molecular flexibility index (Phi) is 6.75. The Morgan fingerprint density at radius 2 is 2.07 bits per heavy atom. The summed E-state index contributed by atoms with van der Waals surface area (Å²) in [5.41, 5.74) is 2.72. The molecule has 2 bridgehead atoms. The maximum atomic E-state index is 12.8. The van der Waals surface area contributed by atoms with Crippen LogP contribution in [0.1, 0.15) is 40.1 Å². The SMILES string of the molecule is CN1CCc2ccc(C(=O)NC[C@H]3[C@@H]4CNC[C@@H](C4)c4cccc(=O)n43)nc21.Cl.Cl. The molecule has 2 aromatic heterocycles. The van der Waals surface area contributed by atoms with E-state index in [2.05, 4.69) is 20.5 Å². The molecule has 2 N–H and O–H groups in total. The molecule has 3 aliphatic heterocycles. The Bertz CT molecular complexity index is 996. The number of amides is 1. The molecule has 0 aromatic carbocycles. The third-order valence-corrected chi connectivity index (χ3v) is 6.44. The number of fused-ring (bicyclic) bond motifs is 5. The van der Waals surface area contributed by atoms with E-state index in [0.717, 1.165) is 44.0 Å². The number of likely N-dealkylation sites (N-methyl/N-ethyl adjacent to an activating group) is 1. The molecule has 0 spiro atoms. The molecule has 9 heteroatoms. The summed E-state index contributed by atoms with van der Waals surface area (Å²) in [5.74, 6) is 1.42. The van der Waals surface area contributed by atoms with E-state index in [-0.39, 0.29) is 42.3 Å². The number of carbonyl (C=O) groups is 1. The highest BCUT2D eigenvalue weighted by Crippen LogP contribution is 2.38. The Balaban J connectivity index is 0.00000128. The highest BCUT2D eigenvalue weighted by Gasteiger charge is 2.37. The second-order valence-corrected chi connectivity index (χ2v) is 8.14. The van der Waals surface area contributed by atoms with Crippen molar-refractivity contribution >= 4 is 36.5 Å². The van der Waals surface area contributed by atoms with Crippen molar-refractivity contribution in [2.75, 3.05) is 38.1 Å². The summed E-state index contributed by atoms with van der Waals surface area (Å²) in [6, 6.07) is 9.26. The van der Waals surface area contributed by atoms with Crippen molar-refractivity contribution in [1.29, 1.82) is 0 Å². The van der Waals surface area contributed by atoms with E-state index in [1.54, 1.807) is 12.1 Å². The molecule has 3 aliphatic rings. The topological polar surface area (TPSA) is 79.3 Å². The van der Waals surface area contributed by atoms with Crippen LogP contribution < -0.4 is 21.1 Å². The van der Waals surface area contributed by atoms with E-state index in [4.69, 9.17) is 0 Å². The maximum Gasteiger partial charge on any atom is 0.270 e. The monoisotopic (exact) mass is 451 g/mol. The number of hydrogen-bond donors (Lipinski definition) is 2. The molecule has 2 aromatic rings. The highest BCUT2D eigenvalue weighted by molar-refractivity contribution is 5.92. The summed E-state index contributed by atoms with van der Waals surface area (Å²) in [6.07, 6.45) is 2.03. The molecule has 0 unspecified atom stereocenters. The minimum Gasteiger partial charge on any atom is -0.359 e. The zero-order valence-corrected chi connectivity index (χ0v) is 18.5. The van der Waals surface area contributed by atoms with Crippen LogP contribution in [0, 0.1) is 5.92 Å². The number of hydrogen-bond acceptors (Lipinski definition) is 5. The Morgan fingerprint density at radius 3 is 2.90 bits per heavy atom. The van der Waals surface area contributed by atoms with Gasteiger partial charge in [0, 0.05) is 50.9 Å². The van der Waals surface area contributed by atoms with Crippen LogP contribution in [0.3, 0.4) is 0 Å². The predicted octanol–water partition coefficient (Wildman–Crippen LogP) is 1.76. The van der Waals surface area contributed by atoms with Gasteiger partial charge in [-0.15, -0.1) is 24.8 Å². The minimum absolute atomic E-state index is 0. The fourth-order valence-electron chi connectivity index (χ4n) is 4.98. The number of rotatable bonds is 3. The number of anilines is 1. The van der Waals surface area contributed by atoms with Gasteiger partial charge in [0.15, 0.2) is 0 Å². The van der Waals surface area contributed by atoms with Crippen molar-refractivity contribution in [1.82, 2.24) is 20.2 Å². The van der Waals surface area contributed by atoms with Crippen LogP contribution in [0.2, 0.25) is 0 Å². The summed E-state index contributed by atoms with van der Waals surface area (Å²) in [7, 11) is 2.00. The van der Waals surface area contributed by atoms with Gasteiger partial charge in [-0.1, -0.05) is 12.1 Å². The van der Waals surface area contributed by atoms with Crippen LogP contribution >= 0.6 is 24.8 Å². The van der Waals surface area contributed by atoms with Crippen LogP contribution in [0.5, 0.6) is 0 Å². The first-order valence-electron chi connectivity index (χ1n) is 10.0. The van der Waals surface area contributed by atoms with Crippen molar-refractivity contribution in [3.63, 3.8) is 0 Å². The molecule has 5 heterocycles. The first-order valence-corrected chi connectivity index (χ1v) is 10.0. The molecule has 7 nitrogen and oxygen atoms in total. The minimum atomic E-state index is -0.181. The lowest BCUT2D eigenvalue weighted by molar-refractivity contribution is 0.0927. The normalized spacial score (nSPS) is 23.5. The largest absolute Gasteiger partial charge is 0.359 e. The highest BCUT2D eigenvalue weighted by atomic mass is 35.5. The van der Waals surface area contributed by atoms with Crippen LogP contribution in [-0.2, 0) is 6.42 Å². The van der Waals surface area contributed by atoms with Gasteiger partial charge in [-0.05, 0) is 36.5 Å². The first-order chi connectivity index (χ1) is 13.6. The van der Waals surface area contributed by atoms with Gasteiger partial charge in [0.25, 0.3) is 11.5 Å². The van der Waals surface area contributed by atoms with E-state index in [1.807, 2.05) is 29.8 Å². The molecule has 30 heavy (non-hydrogen) atoms. The van der Waals surface area contributed by atoms with Gasteiger partial charge in [-0.25, -0.2) is 4.98 Å². The van der Waals surface area contributed by atoms with Gasteiger partial charge >= 0.3 is 0 Å². The van der Waals surface area contributed by atoms with Crippen molar-refractivity contribution in [2.24, 2.45) is 5.92 Å². The molecule has 1 amide bonds. The number of nitrogens with zero attached hydrogens (tertiary/aromatic N) is 3. The van der Waals surface area contributed by atoms with Crippen molar-refractivity contribution in [2.45, 2.75) is 24.8 Å². The molecule has 1 fully saturated rings. The number of pyridine rings is 2. The van der Waals surface area contributed by atoms with Gasteiger partial charge in [-0.2, -0.15) is 0 Å². The molecule has 0 aliphatic carbocycles. The number of nitrogens with one attached hydrogen (secondary N) is 2. The standard InChI is InChI=1S/C21H25N5O2.2ClH/c1-25-8-7-13-5-6-16(24-20(13)25)21(28)23-12-18-15-9-14(10-22-11-15)17-3-2-4-19(27)26(17)18;;/h2-6,14-15,18,22H,7-12H2,1H3,(H,23,28);2*1H/t14-,15+,18+;;/m1../s1. The quantitative estimate of drug-likeness (QED) is 0.742. The van der Waals surface area contributed by atoms with Crippen molar-refractivity contribution in [3.05, 3.63) is 57.6 Å². The lowest BCUT2D eigenvalue weighted by atomic mass is 9.79. The molecule has 1 saturated heterocycles. The van der Waals surface area contributed by atoms with Crippen molar-refractivity contribution < 1.29 is 4.79 Å². The van der Waals surface area contributed by atoms with Crippen LogP contribution in [0.25, 0.3) is 0 Å². The summed E-state index contributed by atoms with van der Waals surface area (Å²) in [4.78, 5) is 32.0. The third kappa shape index (κ3) is 3.82. The van der Waals surface area contributed by atoms with E-state index < -0.39 is 0 Å². The summed E-state index contributed by atoms with van der Waals surface area (Å²) < 4.78 is 1.91. The Labute approximate surface area is 188 Å². The average molecular weight is 452 g/mol. The lowest BCUT2D eigenvalue weighted by Gasteiger charge is -2.43. The second kappa shape index (κ2) is 8.96. The third-order valence-electron chi connectivity index (χ3n) is 6.44. The molecule has 5 rings (SSSR count). The zero-order chi connectivity index (χ0) is 19.3. The summed E-state index contributed by atoms with van der Waals surface area (Å²) in [5, 5.41) is 6.52. The molecular weight excluding hydrogens is 425 g/mol. The summed E-state index contributed by atoms with van der Waals surface area (Å²) in [6.45, 7) is 3.15. The molecule has 3 atom stereocenters. The van der Waals surface area contributed by atoms with E-state index in [0.29, 0.717) is 24.1 Å². The molecule has 0 radical (unpaired) electrons. The van der Waals surface area contributed by atoms with Crippen LogP contribution in [0.4, 0.5) is 5.82 Å². The number of piperidine rings is 1. The lowest BCUT2D eigenvalue weighted by Crippen LogP contribution is -2.50. The maximum absolute atomic E-state index is 12.8. The van der Waals surface area contributed by atoms with E-state index in [1.165, 1.54) is 5.56 Å². The summed E-state index contributed by atoms with van der Waals surface area (Å²) >= 11 is 0. The van der Waals surface area contributed by atoms with Gasteiger partial charge in [0.2, 0.25) is 0 Å². The van der Waals surface area contributed by atoms with Crippen LogP contribution in [0.15, 0.2) is 35.1 Å². The van der Waals surface area contributed by atoms with Gasteiger partial charge in [-0.3, -0.25) is 9.59 Å². The van der Waals surface area contributed by atoms with E-state index in [9.17, 15) is 9.59 Å². The van der Waals surface area contributed by atoms with Crippen molar-refractivity contribution in [3.8, 4) is 0 Å². The van der Waals surface area contributed by atoms with Crippen LogP contribution in [-0.4, -0.2) is 48.7 Å². The predicted molar refractivity (Wildman–Crippen MR) is 121 cm³/mol. The Hall–Kier alpha value is -2.09. The van der Waals surface area contributed by atoms with E-state index >= 15 is 0 Å². The zero-order valence-electron chi connectivity index (χ0n) is 16.8. The fraction of sp³-hybridized carbons (Fsp3) is 0.476. The number of aromatic nitrogens is 2. The van der Waals surface area contributed by atoms with Gasteiger partial charge in [0.05, 0.1) is 6.04 Å². The molecule has 0 saturated carbocycles. The second-order valence-electron chi connectivity index (χ2n) is 8.14. The fourth-order valence-corrected chi connectivity index (χ4v) is 4.98. The number of halogens is 2. The molecule has 162 valence electrons. The van der Waals surface area contributed by atoms with Gasteiger partial charge in [0.1, 0.15) is 11.5 Å². The Morgan fingerprint density at radius 1 is 1.23 bits per heavy atom.